The second-order valence-corrected chi connectivity index (χ2v) is 9.66. The molecule has 1 fully saturated rings. The van der Waals surface area contributed by atoms with Crippen molar-refractivity contribution in [3.63, 3.8) is 0 Å². The minimum Gasteiger partial charge on any atom is -0.470 e. The molecule has 0 spiro atoms. The van der Waals surface area contributed by atoms with Crippen molar-refractivity contribution < 1.29 is 24.2 Å². The number of ketones is 1. The first-order valence-corrected chi connectivity index (χ1v) is 11.5. The maximum absolute atomic E-state index is 14.2. The predicted octanol–water partition coefficient (Wildman–Crippen LogP) is 3.86. The average molecular weight is 511 g/mol. The quantitative estimate of drug-likeness (QED) is 0.536. The third kappa shape index (κ3) is 2.87. The number of carbonyl (C=O) groups is 2. The van der Waals surface area contributed by atoms with Gasteiger partial charge in [-0.05, 0) is 31.5 Å². The summed E-state index contributed by atoms with van der Waals surface area (Å²) in [6, 6.07) is 16.3. The molecule has 7 nitrogen and oxygen atoms in total. The van der Waals surface area contributed by atoms with Gasteiger partial charge in [-0.3, -0.25) is 14.3 Å². The molecule has 0 radical (unpaired) electrons. The molecule has 2 aromatic carbocycles. The zero-order valence-corrected chi connectivity index (χ0v) is 19.9. The third-order valence-electron chi connectivity index (χ3n) is 6.65. The van der Waals surface area contributed by atoms with Crippen LogP contribution in [-0.2, 0) is 25.5 Å². The van der Waals surface area contributed by atoms with Crippen molar-refractivity contribution in [1.82, 2.24) is 9.78 Å². The van der Waals surface area contributed by atoms with Gasteiger partial charge in [0.15, 0.2) is 11.4 Å². The molecule has 1 aliphatic heterocycles. The molecule has 4 atom stereocenters. The molecular weight excluding hydrogens is 488 g/mol. The Labute approximate surface area is 199 Å². The van der Waals surface area contributed by atoms with E-state index in [1.165, 1.54) is 7.11 Å². The zero-order chi connectivity index (χ0) is 23.5. The standard InChI is InChI=1S/C25H23BrN2O5/c1-14(2)28-13-18-21(27-28)24(31)20(22(29)32-3)19(15-7-5-4-6-8-15)25(33-18,23(24)30)16-9-11-17(26)12-10-16/h4-14,19-20,31H,1-3H3/t19-,20-,24-,25+/m1/s1. The smallest absolute Gasteiger partial charge is 0.313 e. The van der Waals surface area contributed by atoms with Gasteiger partial charge >= 0.3 is 5.97 Å². The van der Waals surface area contributed by atoms with Gasteiger partial charge < -0.3 is 14.6 Å². The number of nitrogens with zero attached hydrogens (tertiary/aromatic N) is 2. The van der Waals surface area contributed by atoms with Gasteiger partial charge in [-0.25, -0.2) is 0 Å². The second-order valence-electron chi connectivity index (χ2n) is 8.75. The summed E-state index contributed by atoms with van der Waals surface area (Å²) in [6.07, 6.45) is 1.67. The van der Waals surface area contributed by atoms with Crippen LogP contribution >= 0.6 is 15.9 Å². The Hall–Kier alpha value is -2.97. The van der Waals surface area contributed by atoms with Crippen LogP contribution in [0.1, 0.15) is 42.6 Å². The first-order chi connectivity index (χ1) is 15.7. The summed E-state index contributed by atoms with van der Waals surface area (Å²) < 4.78 is 14.1. The van der Waals surface area contributed by atoms with E-state index in [0.717, 1.165) is 4.47 Å². The average Bonchev–Trinajstić information content (AvgIpc) is 3.30. The lowest BCUT2D eigenvalue weighted by atomic mass is 9.75. The van der Waals surface area contributed by atoms with Crippen LogP contribution < -0.4 is 4.74 Å². The number of esters is 1. The molecule has 0 amide bonds. The molecule has 2 heterocycles. The minimum absolute atomic E-state index is 0.0402. The van der Waals surface area contributed by atoms with Crippen LogP contribution in [0.3, 0.4) is 0 Å². The lowest BCUT2D eigenvalue weighted by Crippen LogP contribution is -2.51. The highest BCUT2D eigenvalue weighted by atomic mass is 79.9. The first kappa shape index (κ1) is 21.9. The summed E-state index contributed by atoms with van der Waals surface area (Å²) in [5.74, 6) is -3.14. The van der Waals surface area contributed by atoms with E-state index in [2.05, 4.69) is 21.0 Å². The van der Waals surface area contributed by atoms with Gasteiger partial charge in [-0.15, -0.1) is 0 Å². The van der Waals surface area contributed by atoms with Crippen LogP contribution in [0.4, 0.5) is 0 Å². The molecule has 2 bridgehead atoms. The summed E-state index contributed by atoms with van der Waals surface area (Å²) >= 11 is 3.43. The number of ether oxygens (including phenoxy) is 2. The number of methoxy groups -OCH3 is 1. The third-order valence-corrected chi connectivity index (χ3v) is 7.18. The van der Waals surface area contributed by atoms with Crippen LogP contribution in [0.15, 0.2) is 65.3 Å². The summed E-state index contributed by atoms with van der Waals surface area (Å²) in [7, 11) is 1.25. The number of fused-ring (bicyclic) bond motifs is 4. The van der Waals surface area contributed by atoms with Crippen LogP contribution in [-0.4, -0.2) is 33.7 Å². The van der Waals surface area contributed by atoms with Crippen LogP contribution in [0.5, 0.6) is 5.75 Å². The van der Waals surface area contributed by atoms with Gasteiger partial charge in [0.1, 0.15) is 11.6 Å². The van der Waals surface area contributed by atoms with Gasteiger partial charge in [0, 0.05) is 16.1 Å². The molecule has 2 aliphatic rings. The van der Waals surface area contributed by atoms with Crippen molar-refractivity contribution >= 4 is 27.7 Å². The summed E-state index contributed by atoms with van der Waals surface area (Å²) in [4.78, 5) is 27.5. The van der Waals surface area contributed by atoms with Crippen molar-refractivity contribution in [2.75, 3.05) is 7.11 Å². The van der Waals surface area contributed by atoms with Crippen LogP contribution in [0.2, 0.25) is 0 Å². The Morgan fingerprint density at radius 2 is 1.85 bits per heavy atom. The Morgan fingerprint density at radius 1 is 1.18 bits per heavy atom. The van der Waals surface area contributed by atoms with Crippen molar-refractivity contribution in [3.05, 3.63) is 82.1 Å². The van der Waals surface area contributed by atoms with E-state index in [9.17, 15) is 14.7 Å². The summed E-state index contributed by atoms with van der Waals surface area (Å²) in [5.41, 5.74) is -2.59. The molecule has 33 heavy (non-hydrogen) atoms. The summed E-state index contributed by atoms with van der Waals surface area (Å²) in [5, 5.41) is 16.6. The highest BCUT2D eigenvalue weighted by Crippen LogP contribution is 2.64. The number of carbonyl (C=O) groups excluding carboxylic acids is 2. The number of aromatic nitrogens is 2. The van der Waals surface area contributed by atoms with Crippen molar-refractivity contribution in [1.29, 1.82) is 0 Å². The van der Waals surface area contributed by atoms with Gasteiger partial charge in [0.2, 0.25) is 11.4 Å². The number of aliphatic hydroxyl groups is 1. The highest BCUT2D eigenvalue weighted by molar-refractivity contribution is 9.10. The molecule has 3 aromatic rings. The Morgan fingerprint density at radius 3 is 2.45 bits per heavy atom. The fourth-order valence-electron chi connectivity index (χ4n) is 5.15. The molecule has 0 saturated heterocycles. The van der Waals surface area contributed by atoms with Gasteiger partial charge in [0.05, 0.1) is 19.2 Å². The van der Waals surface area contributed by atoms with Crippen LogP contribution in [0.25, 0.3) is 0 Å². The fraction of sp³-hybridized carbons (Fsp3) is 0.320. The maximum atomic E-state index is 14.2. The number of rotatable bonds is 4. The van der Waals surface area contributed by atoms with Crippen LogP contribution in [0, 0.1) is 5.92 Å². The minimum atomic E-state index is -2.21. The molecule has 170 valence electrons. The maximum Gasteiger partial charge on any atom is 0.313 e. The van der Waals surface area contributed by atoms with E-state index < -0.39 is 34.8 Å². The second kappa shape index (κ2) is 7.53. The van der Waals surface area contributed by atoms with Gasteiger partial charge in [-0.1, -0.05) is 58.4 Å². The molecule has 1 aliphatic carbocycles. The van der Waals surface area contributed by atoms with Gasteiger partial charge in [-0.2, -0.15) is 5.10 Å². The monoisotopic (exact) mass is 510 g/mol. The molecule has 1 N–H and O–H groups in total. The number of halogens is 1. The molecule has 1 saturated carbocycles. The van der Waals surface area contributed by atoms with E-state index in [1.54, 1.807) is 35.1 Å². The lowest BCUT2D eigenvalue weighted by molar-refractivity contribution is -0.163. The largest absolute Gasteiger partial charge is 0.470 e. The van der Waals surface area contributed by atoms with E-state index in [0.29, 0.717) is 11.1 Å². The number of Topliss-reactive ketones (excluding diaryl/α,β-unsaturated/α-hetero) is 1. The highest BCUT2D eigenvalue weighted by Gasteiger charge is 2.77. The van der Waals surface area contributed by atoms with E-state index in [4.69, 9.17) is 9.47 Å². The first-order valence-electron chi connectivity index (χ1n) is 10.7. The van der Waals surface area contributed by atoms with E-state index in [1.807, 2.05) is 44.2 Å². The number of hydrogen-bond donors (Lipinski definition) is 1. The normalized spacial score (nSPS) is 27.9. The Bertz CT molecular complexity index is 1240. The topological polar surface area (TPSA) is 90.7 Å². The number of hydrogen-bond acceptors (Lipinski definition) is 6. The van der Waals surface area contributed by atoms with E-state index >= 15 is 0 Å². The van der Waals surface area contributed by atoms with Crippen molar-refractivity contribution in [3.8, 4) is 5.75 Å². The zero-order valence-electron chi connectivity index (χ0n) is 18.4. The molecular formula is C25H23BrN2O5. The molecule has 8 heteroatoms. The predicted molar refractivity (Wildman–Crippen MR) is 123 cm³/mol. The lowest BCUT2D eigenvalue weighted by Gasteiger charge is -2.37. The Balaban J connectivity index is 1.86. The summed E-state index contributed by atoms with van der Waals surface area (Å²) in [6.45, 7) is 3.86. The van der Waals surface area contributed by atoms with Crippen molar-refractivity contribution in [2.45, 2.75) is 37.0 Å². The molecule has 0 unspecified atom stereocenters. The van der Waals surface area contributed by atoms with E-state index in [-0.39, 0.29) is 17.5 Å². The van der Waals surface area contributed by atoms with Gasteiger partial charge in [0.25, 0.3) is 0 Å². The molecule has 1 aromatic heterocycles. The Kier molecular flexibility index (Phi) is 4.99. The van der Waals surface area contributed by atoms with Crippen molar-refractivity contribution in [2.24, 2.45) is 5.92 Å². The molecule has 5 rings (SSSR count). The fourth-order valence-corrected chi connectivity index (χ4v) is 5.41. The number of benzene rings is 2. The SMILES string of the molecule is COC(=O)[C@H]1[C@@H](c2ccccc2)[C@]2(c3ccc(Br)cc3)Oc3cn(C(C)C)nc3[C@@]1(O)C2=O.